The molecule has 0 bridgehead atoms. The number of carboxylic acid groups (broad SMARTS) is 1. The molecule has 2 aromatic heterocycles. The van der Waals surface area contributed by atoms with Crippen molar-refractivity contribution in [2.45, 2.75) is 6.92 Å². The highest BCUT2D eigenvalue weighted by Gasteiger charge is 2.15. The van der Waals surface area contributed by atoms with Gasteiger partial charge < -0.3 is 14.4 Å². The molecule has 84 valence electrons. The second kappa shape index (κ2) is 3.76. The Kier molecular flexibility index (Phi) is 2.43. The van der Waals surface area contributed by atoms with Crippen molar-refractivity contribution in [3.63, 3.8) is 0 Å². The normalized spacial score (nSPS) is 10.6. The summed E-state index contributed by atoms with van der Waals surface area (Å²) < 4.78 is 5.23. The van der Waals surface area contributed by atoms with E-state index in [-0.39, 0.29) is 6.54 Å². The van der Waals surface area contributed by atoms with Crippen molar-refractivity contribution in [3.8, 4) is 0 Å². The van der Waals surface area contributed by atoms with Gasteiger partial charge in [-0.3, -0.25) is 4.79 Å². The molecule has 1 N–H and O–H groups in total. The first kappa shape index (κ1) is 10.3. The molecule has 7 nitrogen and oxygen atoms in total. The number of oxazole rings is 1. The van der Waals surface area contributed by atoms with Crippen molar-refractivity contribution in [1.82, 2.24) is 15.0 Å². The zero-order valence-electron chi connectivity index (χ0n) is 8.84. The molecular weight excluding hydrogens is 212 g/mol. The molecule has 0 aliphatic carbocycles. The van der Waals surface area contributed by atoms with Gasteiger partial charge in [0.15, 0.2) is 17.2 Å². The van der Waals surface area contributed by atoms with Crippen LogP contribution in [-0.2, 0) is 4.79 Å². The Morgan fingerprint density at radius 3 is 3.00 bits per heavy atom. The van der Waals surface area contributed by atoms with Crippen molar-refractivity contribution in [2.75, 3.05) is 18.5 Å². The zero-order valence-corrected chi connectivity index (χ0v) is 8.84. The van der Waals surface area contributed by atoms with Crippen LogP contribution in [0.3, 0.4) is 0 Å². The van der Waals surface area contributed by atoms with Gasteiger partial charge in [0.2, 0.25) is 0 Å². The fourth-order valence-electron chi connectivity index (χ4n) is 1.40. The summed E-state index contributed by atoms with van der Waals surface area (Å²) in [5.74, 6) is -0.0146. The third-order valence-corrected chi connectivity index (χ3v) is 2.02. The van der Waals surface area contributed by atoms with E-state index in [1.165, 1.54) is 11.2 Å². The van der Waals surface area contributed by atoms with Gasteiger partial charge in [-0.2, -0.15) is 4.98 Å². The van der Waals surface area contributed by atoms with Gasteiger partial charge in [0.25, 0.3) is 5.71 Å². The van der Waals surface area contributed by atoms with Crippen LogP contribution in [0.2, 0.25) is 0 Å². The molecule has 0 amide bonds. The lowest BCUT2D eigenvalue weighted by Crippen LogP contribution is -2.26. The van der Waals surface area contributed by atoms with Crippen molar-refractivity contribution in [2.24, 2.45) is 0 Å². The summed E-state index contributed by atoms with van der Waals surface area (Å²) in [5, 5.41) is 8.69. The van der Waals surface area contributed by atoms with Crippen LogP contribution in [0.25, 0.3) is 11.2 Å². The lowest BCUT2D eigenvalue weighted by atomic mass is 10.4. The van der Waals surface area contributed by atoms with Gasteiger partial charge in [0, 0.05) is 14.0 Å². The van der Waals surface area contributed by atoms with Gasteiger partial charge in [-0.1, -0.05) is 0 Å². The van der Waals surface area contributed by atoms with Gasteiger partial charge in [-0.15, -0.1) is 0 Å². The Hall–Kier alpha value is -2.18. The van der Waals surface area contributed by atoms with Crippen molar-refractivity contribution in [1.29, 1.82) is 0 Å². The molecule has 0 fully saturated rings. The van der Waals surface area contributed by atoms with E-state index in [2.05, 4.69) is 15.0 Å². The molecule has 0 aliphatic rings. The Morgan fingerprint density at radius 1 is 1.56 bits per heavy atom. The van der Waals surface area contributed by atoms with Crippen LogP contribution in [0.5, 0.6) is 0 Å². The number of likely N-dealkylation sites (N-methyl/N-ethyl adjacent to an activating group) is 1. The van der Waals surface area contributed by atoms with E-state index in [1.54, 1.807) is 14.0 Å². The molecule has 0 radical (unpaired) electrons. The quantitative estimate of drug-likeness (QED) is 0.805. The zero-order chi connectivity index (χ0) is 11.7. The van der Waals surface area contributed by atoms with E-state index in [4.69, 9.17) is 9.52 Å². The fourth-order valence-corrected chi connectivity index (χ4v) is 1.40. The highest BCUT2D eigenvalue weighted by molar-refractivity contribution is 5.84. The molecule has 0 saturated heterocycles. The lowest BCUT2D eigenvalue weighted by Gasteiger charge is -2.14. The molecule has 0 unspecified atom stereocenters. The van der Waals surface area contributed by atoms with Gasteiger partial charge in [-0.05, 0) is 0 Å². The number of aliphatic carboxylic acids is 1. The van der Waals surface area contributed by atoms with Crippen molar-refractivity contribution >= 4 is 23.0 Å². The second-order valence-electron chi connectivity index (χ2n) is 3.33. The molecule has 0 aromatic carbocycles. The minimum atomic E-state index is -0.936. The Labute approximate surface area is 90.7 Å². The molecule has 2 aromatic rings. The van der Waals surface area contributed by atoms with E-state index >= 15 is 0 Å². The smallest absolute Gasteiger partial charge is 0.323 e. The van der Waals surface area contributed by atoms with Crippen LogP contribution in [-0.4, -0.2) is 39.6 Å². The van der Waals surface area contributed by atoms with E-state index < -0.39 is 5.97 Å². The van der Waals surface area contributed by atoms with Gasteiger partial charge in [-0.25, -0.2) is 9.97 Å². The van der Waals surface area contributed by atoms with E-state index in [0.29, 0.717) is 22.9 Å². The number of fused-ring (bicyclic) bond motifs is 1. The highest BCUT2D eigenvalue weighted by atomic mass is 16.4. The second-order valence-corrected chi connectivity index (χ2v) is 3.33. The number of rotatable bonds is 3. The van der Waals surface area contributed by atoms with Crippen LogP contribution in [0.15, 0.2) is 10.7 Å². The standard InChI is InChI=1S/C9H10N4O3/c1-5-12-7-8(13(2)3-6(14)15)10-4-11-9(7)16-5/h4H,3H2,1-2H3,(H,14,15). The predicted molar refractivity (Wildman–Crippen MR) is 55.2 cm³/mol. The van der Waals surface area contributed by atoms with Gasteiger partial charge >= 0.3 is 5.97 Å². The number of nitrogens with zero attached hydrogens (tertiary/aromatic N) is 4. The largest absolute Gasteiger partial charge is 0.480 e. The van der Waals surface area contributed by atoms with Crippen LogP contribution >= 0.6 is 0 Å². The van der Waals surface area contributed by atoms with Crippen LogP contribution in [0.1, 0.15) is 5.89 Å². The number of anilines is 1. The van der Waals surface area contributed by atoms with Gasteiger partial charge in [0.1, 0.15) is 12.9 Å². The van der Waals surface area contributed by atoms with E-state index in [0.717, 1.165) is 0 Å². The molecule has 0 spiro atoms. The Balaban J connectivity index is 2.47. The summed E-state index contributed by atoms with van der Waals surface area (Å²) in [5.41, 5.74) is 0.837. The summed E-state index contributed by atoms with van der Waals surface area (Å²) in [6, 6.07) is 0. The van der Waals surface area contributed by atoms with Crippen molar-refractivity contribution < 1.29 is 14.3 Å². The van der Waals surface area contributed by atoms with Crippen LogP contribution in [0.4, 0.5) is 5.82 Å². The Bertz CT molecular complexity index is 537. The van der Waals surface area contributed by atoms with E-state index in [1.807, 2.05) is 0 Å². The lowest BCUT2D eigenvalue weighted by molar-refractivity contribution is -0.135. The number of hydrogen-bond donors (Lipinski definition) is 1. The highest BCUT2D eigenvalue weighted by Crippen LogP contribution is 2.21. The number of aryl methyl sites for hydroxylation is 1. The molecule has 2 heterocycles. The minimum Gasteiger partial charge on any atom is -0.480 e. The first-order valence-corrected chi connectivity index (χ1v) is 4.59. The fraction of sp³-hybridized carbons (Fsp3) is 0.333. The molecule has 7 heteroatoms. The first-order valence-electron chi connectivity index (χ1n) is 4.59. The minimum absolute atomic E-state index is 0.155. The molecule has 0 saturated carbocycles. The van der Waals surface area contributed by atoms with E-state index in [9.17, 15) is 4.79 Å². The summed E-state index contributed by atoms with van der Waals surface area (Å²) in [4.78, 5) is 24.1. The maximum atomic E-state index is 10.6. The SMILES string of the molecule is Cc1nc2c(N(C)CC(=O)O)ncnc2o1. The van der Waals surface area contributed by atoms with Crippen LogP contribution in [0, 0.1) is 6.92 Å². The third kappa shape index (κ3) is 1.79. The molecule has 0 atom stereocenters. The molecular formula is C9H10N4O3. The summed E-state index contributed by atoms with van der Waals surface area (Å²) >= 11 is 0. The van der Waals surface area contributed by atoms with Crippen molar-refractivity contribution in [3.05, 3.63) is 12.2 Å². The maximum absolute atomic E-state index is 10.6. The number of carboxylic acids is 1. The molecule has 2 rings (SSSR count). The maximum Gasteiger partial charge on any atom is 0.323 e. The summed E-state index contributed by atoms with van der Waals surface area (Å²) in [6.07, 6.45) is 1.32. The molecule has 0 aliphatic heterocycles. The molecule has 16 heavy (non-hydrogen) atoms. The van der Waals surface area contributed by atoms with Crippen LogP contribution < -0.4 is 4.90 Å². The Morgan fingerprint density at radius 2 is 2.31 bits per heavy atom. The van der Waals surface area contributed by atoms with Gasteiger partial charge in [0.05, 0.1) is 0 Å². The topological polar surface area (TPSA) is 92.4 Å². The number of aromatic nitrogens is 3. The summed E-state index contributed by atoms with van der Waals surface area (Å²) in [6.45, 7) is 1.54. The monoisotopic (exact) mass is 222 g/mol. The number of carbonyl (C=O) groups is 1. The average Bonchev–Trinajstić information content (AvgIpc) is 2.55. The first-order chi connectivity index (χ1) is 7.58. The average molecular weight is 222 g/mol. The predicted octanol–water partition coefficient (Wildman–Crippen LogP) is 0.447. The number of hydrogen-bond acceptors (Lipinski definition) is 6. The third-order valence-electron chi connectivity index (χ3n) is 2.02. The summed E-state index contributed by atoms with van der Waals surface area (Å²) in [7, 11) is 1.62.